The second-order valence-electron chi connectivity index (χ2n) is 10.6. The molecule has 0 bridgehead atoms. The Bertz CT molecular complexity index is 1380. The molecule has 186 valence electrons. The van der Waals surface area contributed by atoms with Crippen molar-refractivity contribution in [1.29, 1.82) is 0 Å². The smallest absolute Gasteiger partial charge is 0.137 e. The Morgan fingerprint density at radius 1 is 1.19 bits per heavy atom. The van der Waals surface area contributed by atoms with Crippen LogP contribution in [0.15, 0.2) is 73.5 Å². The topological polar surface area (TPSA) is 52.7 Å². The number of nitrogens with one attached hydrogen (secondary N) is 3. The molecule has 0 atom stereocenters. The van der Waals surface area contributed by atoms with E-state index in [1.54, 1.807) is 6.20 Å². The fourth-order valence-corrected chi connectivity index (χ4v) is 5.45. The van der Waals surface area contributed by atoms with E-state index in [0.29, 0.717) is 24.0 Å². The summed E-state index contributed by atoms with van der Waals surface area (Å²) in [7, 11) is 0. The van der Waals surface area contributed by atoms with Gasteiger partial charge in [-0.2, -0.15) is 0 Å². The van der Waals surface area contributed by atoms with Gasteiger partial charge in [0.1, 0.15) is 11.5 Å². The molecule has 0 amide bonds. The van der Waals surface area contributed by atoms with Crippen LogP contribution in [0.25, 0.3) is 33.4 Å². The van der Waals surface area contributed by atoms with Crippen molar-refractivity contribution < 1.29 is 4.39 Å². The summed E-state index contributed by atoms with van der Waals surface area (Å²) < 4.78 is 13.7. The van der Waals surface area contributed by atoms with Crippen LogP contribution in [0.5, 0.6) is 0 Å². The number of rotatable bonds is 7. The largest absolute Gasteiger partial charge is 0.356 e. The number of hydrogen-bond donors (Lipinski definition) is 3. The van der Waals surface area contributed by atoms with Gasteiger partial charge in [0, 0.05) is 46.7 Å². The van der Waals surface area contributed by atoms with Crippen molar-refractivity contribution in [3.05, 3.63) is 90.2 Å². The summed E-state index contributed by atoms with van der Waals surface area (Å²) in [4.78, 5) is 7.91. The van der Waals surface area contributed by atoms with Gasteiger partial charge in [0.05, 0.1) is 0 Å². The van der Waals surface area contributed by atoms with E-state index < -0.39 is 0 Å². The van der Waals surface area contributed by atoms with Crippen LogP contribution >= 0.6 is 0 Å². The Kier molecular flexibility index (Phi) is 6.67. The number of piperidine rings is 1. The summed E-state index contributed by atoms with van der Waals surface area (Å²) in [5, 5.41) is 7.73. The molecule has 0 unspecified atom stereocenters. The molecule has 2 aromatic heterocycles. The first-order chi connectivity index (χ1) is 17.3. The second-order valence-corrected chi connectivity index (χ2v) is 10.6. The minimum atomic E-state index is -0.111. The Labute approximate surface area is 213 Å². The van der Waals surface area contributed by atoms with Crippen molar-refractivity contribution in [3.63, 3.8) is 0 Å². The lowest BCUT2D eigenvalue weighted by Gasteiger charge is -2.35. The van der Waals surface area contributed by atoms with Crippen molar-refractivity contribution in [2.24, 2.45) is 5.41 Å². The average molecular weight is 483 g/mol. The van der Waals surface area contributed by atoms with Gasteiger partial charge in [0.15, 0.2) is 0 Å². The number of fused-ring (bicyclic) bond motifs is 1. The van der Waals surface area contributed by atoms with Gasteiger partial charge in [0.25, 0.3) is 0 Å². The summed E-state index contributed by atoms with van der Waals surface area (Å²) in [6, 6.07) is 8.73. The molecule has 4 nitrogen and oxygen atoms in total. The van der Waals surface area contributed by atoms with Crippen molar-refractivity contribution in [2.45, 2.75) is 46.0 Å². The third-order valence-electron chi connectivity index (χ3n) is 7.60. The highest BCUT2D eigenvalue weighted by atomic mass is 19.1. The van der Waals surface area contributed by atoms with Gasteiger partial charge in [-0.1, -0.05) is 44.4 Å². The fraction of sp³-hybridized carbons (Fsp3) is 0.323. The van der Waals surface area contributed by atoms with Gasteiger partial charge in [-0.15, -0.1) is 0 Å². The van der Waals surface area contributed by atoms with E-state index in [1.807, 2.05) is 12.3 Å². The van der Waals surface area contributed by atoms with Gasteiger partial charge in [0.2, 0.25) is 0 Å². The average Bonchev–Trinajstić information content (AvgIpc) is 3.27. The number of H-pyrrole nitrogens is 1. The molecule has 1 aliphatic heterocycles. The maximum Gasteiger partial charge on any atom is 0.137 e. The van der Waals surface area contributed by atoms with Gasteiger partial charge >= 0.3 is 0 Å². The molecule has 5 heteroatoms. The quantitative estimate of drug-likeness (QED) is 0.328. The standard InChI is InChI=1S/C31H35FN4/c1-20-14-23(8-9-27(20)21(2)17-31(4)10-12-33-13-11-31)29-19-35-30-28(29)15-24(18-34-30)22(3)36-26-7-5-6-25(32)16-26/h7-9,14-16,18-19,33,36H,2-3,5-6,10-13,17H2,1,4H3,(H,34,35). The number of aromatic amines is 1. The molecular formula is C31H35FN4. The Balaban J connectivity index is 1.38. The van der Waals surface area contributed by atoms with Crippen LogP contribution in [0.2, 0.25) is 0 Å². The van der Waals surface area contributed by atoms with E-state index in [-0.39, 0.29) is 5.83 Å². The zero-order chi connectivity index (χ0) is 25.3. The van der Waals surface area contributed by atoms with Crippen LogP contribution in [0.1, 0.15) is 55.7 Å². The van der Waals surface area contributed by atoms with E-state index in [9.17, 15) is 4.39 Å². The summed E-state index contributed by atoms with van der Waals surface area (Å²) in [6.45, 7) is 15.4. The normalized spacial score (nSPS) is 17.4. The highest BCUT2D eigenvalue weighted by Crippen LogP contribution is 2.39. The van der Waals surface area contributed by atoms with Crippen LogP contribution < -0.4 is 10.6 Å². The SMILES string of the molecule is C=C(NC1=CCCC(F)=C1)c1cnc2[nH]cc(-c3ccc(C(=C)CC4(C)CCNCC4)c(C)c3)c2c1. The summed E-state index contributed by atoms with van der Waals surface area (Å²) in [6.07, 6.45) is 11.9. The number of aromatic nitrogens is 2. The third-order valence-corrected chi connectivity index (χ3v) is 7.60. The number of allylic oxidation sites excluding steroid dienone is 4. The lowest BCUT2D eigenvalue weighted by atomic mass is 9.75. The van der Waals surface area contributed by atoms with Crippen molar-refractivity contribution in [2.75, 3.05) is 13.1 Å². The zero-order valence-corrected chi connectivity index (χ0v) is 21.3. The highest BCUT2D eigenvalue weighted by Gasteiger charge is 2.27. The van der Waals surface area contributed by atoms with Gasteiger partial charge in [-0.05, 0) is 85.5 Å². The van der Waals surface area contributed by atoms with Crippen LogP contribution in [0, 0.1) is 12.3 Å². The maximum absolute atomic E-state index is 13.7. The number of aryl methyl sites for hydroxylation is 1. The molecule has 3 heterocycles. The molecule has 0 saturated carbocycles. The van der Waals surface area contributed by atoms with Crippen molar-refractivity contribution in [1.82, 2.24) is 20.6 Å². The van der Waals surface area contributed by atoms with E-state index in [2.05, 4.69) is 71.9 Å². The first kappa shape index (κ1) is 24.3. The van der Waals surface area contributed by atoms with E-state index in [1.165, 1.54) is 35.6 Å². The van der Waals surface area contributed by atoms with Gasteiger partial charge < -0.3 is 15.6 Å². The fourth-order valence-electron chi connectivity index (χ4n) is 5.45. The molecule has 0 radical (unpaired) electrons. The number of pyridine rings is 1. The van der Waals surface area contributed by atoms with E-state index >= 15 is 0 Å². The lowest BCUT2D eigenvalue weighted by molar-refractivity contribution is 0.236. The number of halogens is 1. The molecule has 3 N–H and O–H groups in total. The molecule has 5 rings (SSSR count). The minimum absolute atomic E-state index is 0.111. The first-order valence-corrected chi connectivity index (χ1v) is 12.8. The van der Waals surface area contributed by atoms with Gasteiger partial charge in [-0.25, -0.2) is 9.37 Å². The van der Waals surface area contributed by atoms with Crippen LogP contribution in [-0.2, 0) is 0 Å². The molecule has 1 aliphatic carbocycles. The number of benzene rings is 1. The predicted molar refractivity (Wildman–Crippen MR) is 149 cm³/mol. The highest BCUT2D eigenvalue weighted by molar-refractivity contribution is 5.95. The molecule has 1 fully saturated rings. The monoisotopic (exact) mass is 482 g/mol. The van der Waals surface area contributed by atoms with Gasteiger partial charge in [-0.3, -0.25) is 0 Å². The predicted octanol–water partition coefficient (Wildman–Crippen LogP) is 7.42. The number of nitrogens with zero attached hydrogens (tertiary/aromatic N) is 1. The molecule has 1 saturated heterocycles. The number of hydrogen-bond acceptors (Lipinski definition) is 3. The molecular weight excluding hydrogens is 447 g/mol. The van der Waals surface area contributed by atoms with Crippen LogP contribution in [0.4, 0.5) is 4.39 Å². The zero-order valence-electron chi connectivity index (χ0n) is 21.3. The molecule has 36 heavy (non-hydrogen) atoms. The Morgan fingerprint density at radius 2 is 2.00 bits per heavy atom. The summed E-state index contributed by atoms with van der Waals surface area (Å²) >= 11 is 0. The van der Waals surface area contributed by atoms with E-state index in [0.717, 1.165) is 52.9 Å². The maximum atomic E-state index is 13.7. The molecule has 2 aliphatic rings. The van der Waals surface area contributed by atoms with Crippen LogP contribution in [-0.4, -0.2) is 23.1 Å². The summed E-state index contributed by atoms with van der Waals surface area (Å²) in [5.74, 6) is -0.111. The Hall–Kier alpha value is -3.44. The second kappa shape index (κ2) is 9.90. The summed E-state index contributed by atoms with van der Waals surface area (Å²) in [5.41, 5.74) is 9.39. The van der Waals surface area contributed by atoms with Crippen molar-refractivity contribution in [3.8, 4) is 11.1 Å². The molecule has 3 aromatic rings. The van der Waals surface area contributed by atoms with Crippen molar-refractivity contribution >= 4 is 22.3 Å². The van der Waals surface area contributed by atoms with E-state index in [4.69, 9.17) is 0 Å². The first-order valence-electron chi connectivity index (χ1n) is 12.8. The third kappa shape index (κ3) is 5.07. The Morgan fingerprint density at radius 3 is 2.75 bits per heavy atom. The minimum Gasteiger partial charge on any atom is -0.356 e. The van der Waals surface area contributed by atoms with Crippen LogP contribution in [0.3, 0.4) is 0 Å². The molecule has 1 aromatic carbocycles. The molecule has 0 spiro atoms. The lowest BCUT2D eigenvalue weighted by Crippen LogP contribution is -2.34.